The summed E-state index contributed by atoms with van der Waals surface area (Å²) in [5, 5.41) is 30.9. The maximum Gasteiger partial charge on any atom is 0.306 e. The Balaban J connectivity index is 2.46. The van der Waals surface area contributed by atoms with Crippen LogP contribution >= 0.6 is 0 Å². The maximum atomic E-state index is 12.8. The molecule has 1 rings (SSSR count). The lowest BCUT2D eigenvalue weighted by molar-refractivity contribution is -0.297. The number of hydrogen-bond donors (Lipinski definition) is 4. The molecule has 12 nitrogen and oxygen atoms in total. The van der Waals surface area contributed by atoms with E-state index in [1.807, 2.05) is 0 Å². The molecule has 1 aliphatic heterocycles. The van der Waals surface area contributed by atoms with Gasteiger partial charge < -0.3 is 34.3 Å². The number of aliphatic hydroxyl groups is 3. The van der Waals surface area contributed by atoms with Crippen molar-refractivity contribution in [2.75, 3.05) is 19.0 Å². The van der Waals surface area contributed by atoms with E-state index in [2.05, 4.69) is 74.6 Å². The van der Waals surface area contributed by atoms with E-state index in [-0.39, 0.29) is 19.4 Å². The molecular formula is C48H82O12S. The molecule has 6 unspecified atom stereocenters. The zero-order valence-corrected chi connectivity index (χ0v) is 38.3. The molecule has 0 aliphatic carbocycles. The van der Waals surface area contributed by atoms with Gasteiger partial charge in [0.25, 0.3) is 10.1 Å². The van der Waals surface area contributed by atoms with Gasteiger partial charge >= 0.3 is 11.9 Å². The van der Waals surface area contributed by atoms with Crippen molar-refractivity contribution in [2.24, 2.45) is 0 Å². The molecule has 1 saturated heterocycles. The minimum absolute atomic E-state index is 0.124. The number of carbonyl (C=O) groups excluding carboxylic acids is 2. The standard InChI is InChI=1S/C48H82O12S/c1-3-5-7-9-11-13-15-17-19-20-21-22-23-25-27-29-31-33-35-37-44(50)59-41(39-58-48-47(53)46(52)45(51)42(60-48)40-61(54,55)56)38-57-43(49)36-34-32-30-28-26-24-18-16-14-12-10-8-6-4-2/h5,7,11,13,17,19,21-22,25,27,41-42,45-48,51-53H,3-4,6,8-10,12,14-16,18,20,23-24,26,28-40H2,1-2H3,(H,54,55,56)/b7-5-,13-11-,19-17-,22-21-,27-25-. The van der Waals surface area contributed by atoms with Gasteiger partial charge in [-0.2, -0.15) is 8.42 Å². The molecule has 6 atom stereocenters. The summed E-state index contributed by atoms with van der Waals surface area (Å²) in [5.41, 5.74) is 0. The van der Waals surface area contributed by atoms with E-state index in [0.29, 0.717) is 12.8 Å². The summed E-state index contributed by atoms with van der Waals surface area (Å²) in [6.45, 7) is 3.62. The quantitative estimate of drug-likeness (QED) is 0.0199. The predicted molar refractivity (Wildman–Crippen MR) is 242 cm³/mol. The first-order valence-electron chi connectivity index (χ1n) is 23.3. The molecule has 352 valence electrons. The fourth-order valence-electron chi connectivity index (χ4n) is 6.76. The second-order valence-electron chi connectivity index (χ2n) is 16.0. The number of rotatable bonds is 38. The lowest BCUT2D eigenvalue weighted by atomic mass is 10.00. The summed E-state index contributed by atoms with van der Waals surface area (Å²) in [7, 11) is -4.61. The molecule has 4 N–H and O–H groups in total. The molecule has 0 bridgehead atoms. The van der Waals surface area contributed by atoms with Gasteiger partial charge in [-0.3, -0.25) is 14.1 Å². The van der Waals surface area contributed by atoms with Crippen molar-refractivity contribution in [3.63, 3.8) is 0 Å². The summed E-state index contributed by atoms with van der Waals surface area (Å²) < 4.78 is 54.1. The van der Waals surface area contributed by atoms with Crippen LogP contribution < -0.4 is 0 Å². The fourth-order valence-corrected chi connectivity index (χ4v) is 7.45. The van der Waals surface area contributed by atoms with E-state index in [1.54, 1.807) is 0 Å². The molecule has 1 heterocycles. The maximum absolute atomic E-state index is 12.8. The Morgan fingerprint density at radius 3 is 1.54 bits per heavy atom. The van der Waals surface area contributed by atoms with Crippen LogP contribution in [0.2, 0.25) is 0 Å². The molecule has 0 saturated carbocycles. The van der Waals surface area contributed by atoms with E-state index in [9.17, 15) is 37.9 Å². The lowest BCUT2D eigenvalue weighted by Gasteiger charge is -2.40. The molecule has 0 amide bonds. The molecule has 13 heteroatoms. The summed E-state index contributed by atoms with van der Waals surface area (Å²) in [4.78, 5) is 25.4. The van der Waals surface area contributed by atoms with Gasteiger partial charge in [0.2, 0.25) is 0 Å². The minimum Gasteiger partial charge on any atom is -0.462 e. The van der Waals surface area contributed by atoms with Crippen molar-refractivity contribution in [1.29, 1.82) is 0 Å². The van der Waals surface area contributed by atoms with Gasteiger partial charge in [-0.25, -0.2) is 0 Å². The minimum atomic E-state index is -4.61. The van der Waals surface area contributed by atoms with Crippen LogP contribution in [0.4, 0.5) is 0 Å². The molecule has 1 aliphatic rings. The van der Waals surface area contributed by atoms with E-state index >= 15 is 0 Å². The van der Waals surface area contributed by atoms with Crippen molar-refractivity contribution in [3.8, 4) is 0 Å². The first-order chi connectivity index (χ1) is 29.5. The number of unbranched alkanes of at least 4 members (excludes halogenated alkanes) is 16. The summed E-state index contributed by atoms with van der Waals surface area (Å²) in [6, 6.07) is 0. The van der Waals surface area contributed by atoms with Gasteiger partial charge in [-0.1, -0.05) is 164 Å². The van der Waals surface area contributed by atoms with Crippen LogP contribution in [0.15, 0.2) is 60.8 Å². The third kappa shape index (κ3) is 32.7. The van der Waals surface area contributed by atoms with E-state index in [4.69, 9.17) is 18.9 Å². The van der Waals surface area contributed by atoms with E-state index in [1.165, 1.54) is 64.2 Å². The summed E-state index contributed by atoms with van der Waals surface area (Å²) >= 11 is 0. The first kappa shape index (κ1) is 56.4. The highest BCUT2D eigenvalue weighted by Crippen LogP contribution is 2.24. The third-order valence-corrected chi connectivity index (χ3v) is 11.1. The zero-order valence-electron chi connectivity index (χ0n) is 37.5. The van der Waals surface area contributed by atoms with Gasteiger partial charge in [0.15, 0.2) is 12.4 Å². The number of allylic oxidation sites excluding steroid dienone is 10. The third-order valence-electron chi connectivity index (χ3n) is 10.4. The number of carbonyl (C=O) groups is 2. The number of ether oxygens (including phenoxy) is 4. The van der Waals surface area contributed by atoms with Crippen molar-refractivity contribution < 1.29 is 56.8 Å². The Hall–Kier alpha value is -2.65. The molecule has 0 spiro atoms. The van der Waals surface area contributed by atoms with E-state index in [0.717, 1.165) is 70.6 Å². The Morgan fingerprint density at radius 1 is 0.574 bits per heavy atom. The number of esters is 2. The fraction of sp³-hybridized carbons (Fsp3) is 0.750. The SMILES string of the molecule is CC/C=C\C/C=C\C/C=C\C/C=C\C/C=C\CCCCCC(=O)OC(COC(=O)CCCCCCCCCCCCCCCC)COC1OC(CS(=O)(=O)O)C(O)C(O)C1O. The molecule has 0 aromatic rings. The first-order valence-corrected chi connectivity index (χ1v) is 25.0. The van der Waals surface area contributed by atoms with Crippen molar-refractivity contribution in [3.05, 3.63) is 60.8 Å². The van der Waals surface area contributed by atoms with Crippen LogP contribution in [0, 0.1) is 0 Å². The summed E-state index contributed by atoms with van der Waals surface area (Å²) in [5.74, 6) is -2.03. The van der Waals surface area contributed by atoms with Crippen LogP contribution in [0.5, 0.6) is 0 Å². The predicted octanol–water partition coefficient (Wildman–Crippen LogP) is 9.73. The van der Waals surface area contributed by atoms with Gasteiger partial charge in [0.1, 0.15) is 36.8 Å². The Kier molecular flexibility index (Phi) is 35.0. The van der Waals surface area contributed by atoms with Crippen molar-refractivity contribution >= 4 is 22.1 Å². The van der Waals surface area contributed by atoms with Crippen molar-refractivity contribution in [1.82, 2.24) is 0 Å². The Morgan fingerprint density at radius 2 is 1.03 bits per heavy atom. The summed E-state index contributed by atoms with van der Waals surface area (Å²) in [6.07, 6.45) is 36.9. The second-order valence-corrected chi connectivity index (χ2v) is 17.5. The smallest absolute Gasteiger partial charge is 0.306 e. The molecule has 1 fully saturated rings. The van der Waals surface area contributed by atoms with Crippen LogP contribution in [0.3, 0.4) is 0 Å². The number of hydrogen-bond acceptors (Lipinski definition) is 11. The molecule has 0 aromatic carbocycles. The number of aliphatic hydroxyl groups excluding tert-OH is 3. The van der Waals surface area contributed by atoms with Crippen LogP contribution in [-0.4, -0.2) is 96.0 Å². The second kappa shape index (κ2) is 37.9. The van der Waals surface area contributed by atoms with Crippen molar-refractivity contribution in [2.45, 2.75) is 211 Å². The van der Waals surface area contributed by atoms with Crippen LogP contribution in [0.1, 0.15) is 174 Å². The van der Waals surface area contributed by atoms with E-state index < -0.39 is 71.2 Å². The molecular weight excluding hydrogens is 801 g/mol. The largest absolute Gasteiger partial charge is 0.462 e. The average Bonchev–Trinajstić information content (AvgIpc) is 3.22. The monoisotopic (exact) mass is 883 g/mol. The zero-order chi connectivity index (χ0) is 44.8. The Bertz CT molecular complexity index is 1360. The highest BCUT2D eigenvalue weighted by Gasteiger charge is 2.46. The van der Waals surface area contributed by atoms with Gasteiger partial charge in [0.05, 0.1) is 6.61 Å². The van der Waals surface area contributed by atoms with Gasteiger partial charge in [0, 0.05) is 12.8 Å². The molecule has 61 heavy (non-hydrogen) atoms. The normalized spacial score (nSPS) is 20.5. The highest BCUT2D eigenvalue weighted by molar-refractivity contribution is 7.85. The van der Waals surface area contributed by atoms with Crippen LogP contribution in [0.25, 0.3) is 0 Å². The molecule has 0 radical (unpaired) electrons. The highest BCUT2D eigenvalue weighted by atomic mass is 32.2. The van der Waals surface area contributed by atoms with Crippen LogP contribution in [-0.2, 0) is 38.7 Å². The van der Waals surface area contributed by atoms with Gasteiger partial charge in [-0.05, 0) is 57.8 Å². The Labute approximate surface area is 368 Å². The van der Waals surface area contributed by atoms with Gasteiger partial charge in [-0.15, -0.1) is 0 Å². The lowest BCUT2D eigenvalue weighted by Crippen LogP contribution is -2.60. The molecule has 0 aromatic heterocycles. The topological polar surface area (TPSA) is 186 Å². The average molecular weight is 883 g/mol.